The summed E-state index contributed by atoms with van der Waals surface area (Å²) < 4.78 is 26.4. The van der Waals surface area contributed by atoms with Crippen LogP contribution in [0.1, 0.15) is 35.2 Å². The first-order chi connectivity index (χ1) is 10.0. The van der Waals surface area contributed by atoms with Gasteiger partial charge in [-0.2, -0.15) is 0 Å². The second kappa shape index (κ2) is 6.81. The van der Waals surface area contributed by atoms with Crippen LogP contribution in [0.25, 0.3) is 0 Å². The summed E-state index contributed by atoms with van der Waals surface area (Å²) in [5, 5.41) is 3.45. The quantitative estimate of drug-likeness (QED) is 0.856. The highest BCUT2D eigenvalue weighted by atomic mass is 19.2. The van der Waals surface area contributed by atoms with E-state index in [1.165, 1.54) is 28.8 Å². The molecule has 2 aromatic rings. The SMILES string of the molecule is CCNC(Cc1ccc(F)c(F)c1)c1c(C)cccc1C. The molecule has 2 aromatic carbocycles. The molecule has 1 unspecified atom stereocenters. The summed E-state index contributed by atoms with van der Waals surface area (Å²) in [5.74, 6) is -1.59. The summed E-state index contributed by atoms with van der Waals surface area (Å²) in [7, 11) is 0. The molecule has 0 amide bonds. The van der Waals surface area contributed by atoms with Gasteiger partial charge in [-0.05, 0) is 61.2 Å². The van der Waals surface area contributed by atoms with Gasteiger partial charge >= 0.3 is 0 Å². The van der Waals surface area contributed by atoms with Crippen molar-refractivity contribution in [2.75, 3.05) is 6.54 Å². The molecule has 0 aliphatic carbocycles. The number of benzene rings is 2. The summed E-state index contributed by atoms with van der Waals surface area (Å²) in [6.45, 7) is 7.03. The molecule has 0 saturated heterocycles. The number of aryl methyl sites for hydroxylation is 2. The van der Waals surface area contributed by atoms with Crippen molar-refractivity contribution in [2.24, 2.45) is 0 Å². The van der Waals surface area contributed by atoms with E-state index in [1.807, 2.05) is 13.0 Å². The Labute approximate surface area is 125 Å². The normalized spacial score (nSPS) is 12.4. The van der Waals surface area contributed by atoms with Crippen LogP contribution in [-0.2, 0) is 6.42 Å². The van der Waals surface area contributed by atoms with E-state index < -0.39 is 11.6 Å². The lowest BCUT2D eigenvalue weighted by atomic mass is 9.91. The van der Waals surface area contributed by atoms with Crippen LogP contribution >= 0.6 is 0 Å². The number of halogens is 2. The molecule has 0 saturated carbocycles. The van der Waals surface area contributed by atoms with Crippen LogP contribution in [-0.4, -0.2) is 6.54 Å². The maximum absolute atomic E-state index is 13.4. The van der Waals surface area contributed by atoms with E-state index in [0.29, 0.717) is 6.42 Å². The van der Waals surface area contributed by atoms with Crippen LogP contribution in [0.5, 0.6) is 0 Å². The lowest BCUT2D eigenvalue weighted by molar-refractivity contribution is 0.502. The van der Waals surface area contributed by atoms with Gasteiger partial charge < -0.3 is 5.32 Å². The highest BCUT2D eigenvalue weighted by molar-refractivity contribution is 5.37. The minimum atomic E-state index is -0.800. The smallest absolute Gasteiger partial charge is 0.159 e. The van der Waals surface area contributed by atoms with Gasteiger partial charge in [0.2, 0.25) is 0 Å². The zero-order valence-electron chi connectivity index (χ0n) is 12.7. The van der Waals surface area contributed by atoms with Gasteiger partial charge in [0.1, 0.15) is 0 Å². The molecule has 0 aromatic heterocycles. The van der Waals surface area contributed by atoms with Crippen molar-refractivity contribution in [1.82, 2.24) is 5.32 Å². The number of hydrogen-bond donors (Lipinski definition) is 1. The van der Waals surface area contributed by atoms with Gasteiger partial charge in [-0.1, -0.05) is 31.2 Å². The van der Waals surface area contributed by atoms with E-state index in [1.54, 1.807) is 6.07 Å². The average molecular weight is 289 g/mol. The highest BCUT2D eigenvalue weighted by Crippen LogP contribution is 2.25. The molecule has 3 heteroatoms. The maximum atomic E-state index is 13.4. The van der Waals surface area contributed by atoms with Crippen LogP contribution in [0, 0.1) is 25.5 Å². The van der Waals surface area contributed by atoms with Crippen LogP contribution in [0.4, 0.5) is 8.78 Å². The fraction of sp³-hybridized carbons (Fsp3) is 0.333. The van der Waals surface area contributed by atoms with Gasteiger partial charge in [0, 0.05) is 6.04 Å². The minimum Gasteiger partial charge on any atom is -0.310 e. The molecule has 0 bridgehead atoms. The average Bonchev–Trinajstić information content (AvgIpc) is 2.43. The second-order valence-corrected chi connectivity index (χ2v) is 5.37. The third-order valence-electron chi connectivity index (χ3n) is 3.76. The van der Waals surface area contributed by atoms with Crippen molar-refractivity contribution in [3.05, 3.63) is 70.3 Å². The topological polar surface area (TPSA) is 12.0 Å². The molecule has 0 radical (unpaired) electrons. The van der Waals surface area contributed by atoms with Gasteiger partial charge in [-0.15, -0.1) is 0 Å². The first-order valence-corrected chi connectivity index (χ1v) is 7.26. The van der Waals surface area contributed by atoms with Gasteiger partial charge in [-0.3, -0.25) is 0 Å². The molecule has 0 spiro atoms. The molecule has 112 valence electrons. The fourth-order valence-electron chi connectivity index (χ4n) is 2.80. The van der Waals surface area contributed by atoms with Gasteiger partial charge in [-0.25, -0.2) is 8.78 Å². The number of nitrogens with one attached hydrogen (secondary N) is 1. The lowest BCUT2D eigenvalue weighted by Crippen LogP contribution is -2.24. The summed E-state index contributed by atoms with van der Waals surface area (Å²) in [4.78, 5) is 0. The van der Waals surface area contributed by atoms with E-state index >= 15 is 0 Å². The van der Waals surface area contributed by atoms with E-state index in [2.05, 4.69) is 31.3 Å². The second-order valence-electron chi connectivity index (χ2n) is 5.37. The van der Waals surface area contributed by atoms with E-state index in [0.717, 1.165) is 12.1 Å². The Hall–Kier alpha value is -1.74. The molecule has 1 atom stereocenters. The van der Waals surface area contributed by atoms with E-state index in [4.69, 9.17) is 0 Å². The van der Waals surface area contributed by atoms with Crippen LogP contribution in [0.3, 0.4) is 0 Å². The number of likely N-dealkylation sites (N-methyl/N-ethyl adjacent to an activating group) is 1. The van der Waals surface area contributed by atoms with Crippen molar-refractivity contribution >= 4 is 0 Å². The molecule has 1 nitrogen and oxygen atoms in total. The Bertz CT molecular complexity index is 602. The number of rotatable bonds is 5. The summed E-state index contributed by atoms with van der Waals surface area (Å²) in [6.07, 6.45) is 0.636. The number of hydrogen-bond acceptors (Lipinski definition) is 1. The van der Waals surface area contributed by atoms with Crippen LogP contribution in [0.15, 0.2) is 36.4 Å². The van der Waals surface area contributed by atoms with Crippen LogP contribution < -0.4 is 5.32 Å². The Morgan fingerprint density at radius 2 is 1.67 bits per heavy atom. The Balaban J connectivity index is 2.33. The Morgan fingerprint density at radius 1 is 1.00 bits per heavy atom. The van der Waals surface area contributed by atoms with E-state index in [9.17, 15) is 8.78 Å². The van der Waals surface area contributed by atoms with Crippen molar-refractivity contribution in [3.8, 4) is 0 Å². The minimum absolute atomic E-state index is 0.0982. The molecular formula is C18H21F2N. The summed E-state index contributed by atoms with van der Waals surface area (Å²) in [5.41, 5.74) is 4.46. The molecule has 0 heterocycles. The van der Waals surface area contributed by atoms with Crippen molar-refractivity contribution in [2.45, 2.75) is 33.2 Å². The Kier molecular flexibility index (Phi) is 5.07. The first-order valence-electron chi connectivity index (χ1n) is 7.26. The molecule has 21 heavy (non-hydrogen) atoms. The molecule has 0 fully saturated rings. The fourth-order valence-corrected chi connectivity index (χ4v) is 2.80. The highest BCUT2D eigenvalue weighted by Gasteiger charge is 2.16. The molecule has 0 aliphatic heterocycles. The Morgan fingerprint density at radius 3 is 2.24 bits per heavy atom. The predicted octanol–water partition coefficient (Wildman–Crippen LogP) is 4.47. The lowest BCUT2D eigenvalue weighted by Gasteiger charge is -2.22. The molecule has 1 N–H and O–H groups in total. The van der Waals surface area contributed by atoms with Gasteiger partial charge in [0.05, 0.1) is 0 Å². The molecular weight excluding hydrogens is 268 g/mol. The summed E-state index contributed by atoms with van der Waals surface area (Å²) in [6, 6.07) is 10.4. The van der Waals surface area contributed by atoms with Gasteiger partial charge in [0.15, 0.2) is 11.6 Å². The van der Waals surface area contributed by atoms with E-state index in [-0.39, 0.29) is 6.04 Å². The molecule has 0 aliphatic rings. The third-order valence-corrected chi connectivity index (χ3v) is 3.76. The first kappa shape index (κ1) is 15.6. The third kappa shape index (κ3) is 3.67. The standard InChI is InChI=1S/C18H21F2N/c1-4-21-17(18-12(2)6-5-7-13(18)3)11-14-8-9-15(19)16(20)10-14/h5-10,17,21H,4,11H2,1-3H3. The summed E-state index contributed by atoms with van der Waals surface area (Å²) >= 11 is 0. The zero-order chi connectivity index (χ0) is 15.4. The van der Waals surface area contributed by atoms with Crippen molar-refractivity contribution in [3.63, 3.8) is 0 Å². The molecule has 2 rings (SSSR count). The van der Waals surface area contributed by atoms with Crippen molar-refractivity contribution in [1.29, 1.82) is 0 Å². The zero-order valence-corrected chi connectivity index (χ0v) is 12.7. The van der Waals surface area contributed by atoms with Crippen LogP contribution in [0.2, 0.25) is 0 Å². The monoisotopic (exact) mass is 289 g/mol. The largest absolute Gasteiger partial charge is 0.310 e. The maximum Gasteiger partial charge on any atom is 0.159 e. The van der Waals surface area contributed by atoms with Gasteiger partial charge in [0.25, 0.3) is 0 Å². The van der Waals surface area contributed by atoms with Crippen molar-refractivity contribution < 1.29 is 8.78 Å². The predicted molar refractivity (Wildman–Crippen MR) is 82.4 cm³/mol.